The maximum atomic E-state index is 10.9. The number of nitrogens with one attached hydrogen (secondary N) is 1. The highest BCUT2D eigenvalue weighted by Gasteiger charge is 2.15. The first-order valence-electron chi connectivity index (χ1n) is 5.00. The van der Waals surface area contributed by atoms with Crippen molar-refractivity contribution in [3.63, 3.8) is 0 Å². The van der Waals surface area contributed by atoms with Gasteiger partial charge in [0.05, 0.1) is 5.25 Å². The molecule has 88 valence electrons. The molecule has 2 rings (SSSR count). The Balaban J connectivity index is 2.14. The lowest BCUT2D eigenvalue weighted by atomic mass is 10.2. The van der Waals surface area contributed by atoms with Gasteiger partial charge in [0.25, 0.3) is 0 Å². The van der Waals surface area contributed by atoms with E-state index in [0.29, 0.717) is 11.0 Å². The molecule has 1 atom stereocenters. The number of hydrogen-bond donors (Lipinski definition) is 1. The molecular weight excluding hydrogens is 258 g/mol. The molecule has 0 fully saturated rings. The normalized spacial score (nSPS) is 12.4. The van der Waals surface area contributed by atoms with Crippen molar-refractivity contribution in [3.05, 3.63) is 30.3 Å². The Kier molecular flexibility index (Phi) is 3.81. The van der Waals surface area contributed by atoms with Gasteiger partial charge in [0.15, 0.2) is 5.82 Å². The zero-order valence-corrected chi connectivity index (χ0v) is 10.6. The molecule has 0 saturated carbocycles. The number of halogens is 1. The molecule has 0 aliphatic carbocycles. The monoisotopic (exact) mass is 267 g/mol. The van der Waals surface area contributed by atoms with Gasteiger partial charge in [-0.2, -0.15) is 0 Å². The van der Waals surface area contributed by atoms with Crippen LogP contribution in [-0.4, -0.2) is 25.7 Å². The Labute approximate surface area is 108 Å². The Hall–Kier alpha value is -1.33. The van der Waals surface area contributed by atoms with E-state index in [2.05, 4.69) is 15.2 Å². The van der Waals surface area contributed by atoms with E-state index in [9.17, 15) is 4.79 Å². The first-order valence-corrected chi connectivity index (χ1v) is 6.26. The summed E-state index contributed by atoms with van der Waals surface area (Å²) >= 11 is 6.61. The molecule has 0 saturated heterocycles. The van der Waals surface area contributed by atoms with Crippen molar-refractivity contribution in [1.82, 2.24) is 15.2 Å². The second-order valence-corrected chi connectivity index (χ2v) is 5.08. The predicted octanol–water partition coefficient (Wildman–Crippen LogP) is 2.72. The minimum absolute atomic E-state index is 0.351. The van der Waals surface area contributed by atoms with Crippen molar-refractivity contribution in [1.29, 1.82) is 0 Å². The average Bonchev–Trinajstić information content (AvgIpc) is 2.78. The van der Waals surface area contributed by atoms with E-state index in [4.69, 9.17) is 11.6 Å². The molecule has 0 bridgehead atoms. The van der Waals surface area contributed by atoms with Gasteiger partial charge in [-0.05, 0) is 18.5 Å². The molecule has 4 nitrogen and oxygen atoms in total. The number of nitrogens with zero attached hydrogens (tertiary/aromatic N) is 2. The van der Waals surface area contributed by atoms with E-state index in [-0.39, 0.29) is 5.25 Å². The van der Waals surface area contributed by atoms with Crippen LogP contribution in [0, 0.1) is 0 Å². The quantitative estimate of drug-likeness (QED) is 0.684. The van der Waals surface area contributed by atoms with Crippen LogP contribution in [0.5, 0.6) is 0 Å². The topological polar surface area (TPSA) is 58.6 Å². The second-order valence-electron chi connectivity index (χ2n) is 3.40. The van der Waals surface area contributed by atoms with E-state index in [1.165, 1.54) is 11.8 Å². The summed E-state index contributed by atoms with van der Waals surface area (Å²) in [5.41, 5.74) is 0.955. The number of thioether (sulfide) groups is 1. The summed E-state index contributed by atoms with van der Waals surface area (Å²) < 4.78 is 0. The second kappa shape index (κ2) is 5.33. The molecule has 1 heterocycles. The first kappa shape index (κ1) is 12.1. The predicted molar refractivity (Wildman–Crippen MR) is 68.0 cm³/mol. The number of aromatic amines is 1. The fourth-order valence-electron chi connectivity index (χ4n) is 1.23. The van der Waals surface area contributed by atoms with Crippen molar-refractivity contribution >= 4 is 28.6 Å². The van der Waals surface area contributed by atoms with Crippen molar-refractivity contribution < 1.29 is 4.79 Å². The largest absolute Gasteiger partial charge is 0.280 e. The smallest absolute Gasteiger partial charge is 0.234 e. The van der Waals surface area contributed by atoms with Crippen LogP contribution in [0.25, 0.3) is 11.4 Å². The minimum Gasteiger partial charge on any atom is -0.280 e. The van der Waals surface area contributed by atoms with Crippen LogP contribution in [0.4, 0.5) is 0 Å². The van der Waals surface area contributed by atoms with Crippen molar-refractivity contribution in [2.24, 2.45) is 0 Å². The molecule has 0 radical (unpaired) electrons. The van der Waals surface area contributed by atoms with E-state index in [1.54, 1.807) is 6.92 Å². The lowest BCUT2D eigenvalue weighted by Gasteiger charge is -1.99. The molecule has 6 heteroatoms. The van der Waals surface area contributed by atoms with Crippen LogP contribution < -0.4 is 0 Å². The standard InChI is InChI=1S/C11H10ClN3OS/c1-7(9(12)16)17-11-13-10(14-15-11)8-5-3-2-4-6-8/h2-7H,1H3,(H,13,14,15). The van der Waals surface area contributed by atoms with Crippen LogP contribution >= 0.6 is 23.4 Å². The lowest BCUT2D eigenvalue weighted by Crippen LogP contribution is -2.05. The summed E-state index contributed by atoms with van der Waals surface area (Å²) in [6, 6.07) is 9.66. The SMILES string of the molecule is CC(Sc1n[nH]c(-c2ccccc2)n1)C(=O)Cl. The molecule has 2 aromatic rings. The highest BCUT2D eigenvalue weighted by molar-refractivity contribution is 8.00. The average molecular weight is 268 g/mol. The van der Waals surface area contributed by atoms with Gasteiger partial charge in [-0.25, -0.2) is 4.98 Å². The van der Waals surface area contributed by atoms with E-state index < -0.39 is 5.24 Å². The highest BCUT2D eigenvalue weighted by atomic mass is 35.5. The van der Waals surface area contributed by atoms with Crippen molar-refractivity contribution in [3.8, 4) is 11.4 Å². The Morgan fingerprint density at radius 2 is 2.12 bits per heavy atom. The molecule has 0 spiro atoms. The molecule has 0 aliphatic rings. The van der Waals surface area contributed by atoms with Crippen LogP contribution in [0.3, 0.4) is 0 Å². The van der Waals surface area contributed by atoms with Gasteiger partial charge in [-0.1, -0.05) is 42.1 Å². The van der Waals surface area contributed by atoms with Gasteiger partial charge >= 0.3 is 0 Å². The Bertz CT molecular complexity index is 514. The van der Waals surface area contributed by atoms with Crippen LogP contribution in [0.2, 0.25) is 0 Å². The van der Waals surface area contributed by atoms with Crippen LogP contribution in [0.15, 0.2) is 35.5 Å². The molecule has 17 heavy (non-hydrogen) atoms. The van der Waals surface area contributed by atoms with Gasteiger partial charge in [-0.15, -0.1) is 5.10 Å². The number of H-pyrrole nitrogens is 1. The van der Waals surface area contributed by atoms with Crippen LogP contribution in [0.1, 0.15) is 6.92 Å². The molecule has 0 amide bonds. The number of carbonyl (C=O) groups excluding carboxylic acids is 1. The summed E-state index contributed by atoms with van der Waals surface area (Å²) in [5, 5.41) is 6.63. The van der Waals surface area contributed by atoms with Gasteiger partial charge in [0, 0.05) is 5.56 Å². The summed E-state index contributed by atoms with van der Waals surface area (Å²) in [7, 11) is 0. The van der Waals surface area contributed by atoms with E-state index in [1.807, 2.05) is 30.3 Å². The maximum absolute atomic E-state index is 10.9. The van der Waals surface area contributed by atoms with Crippen LogP contribution in [-0.2, 0) is 4.79 Å². The molecular formula is C11H10ClN3OS. The number of hydrogen-bond acceptors (Lipinski definition) is 4. The fourth-order valence-corrected chi connectivity index (χ4v) is 2.01. The summed E-state index contributed by atoms with van der Waals surface area (Å²) in [6.07, 6.45) is 0. The third kappa shape index (κ3) is 3.08. The number of benzene rings is 1. The Morgan fingerprint density at radius 3 is 2.76 bits per heavy atom. The van der Waals surface area contributed by atoms with Gasteiger partial charge in [0.1, 0.15) is 0 Å². The zero-order chi connectivity index (χ0) is 12.3. The third-order valence-electron chi connectivity index (χ3n) is 2.11. The molecule has 1 aromatic carbocycles. The molecule has 1 N–H and O–H groups in total. The number of carbonyl (C=O) groups is 1. The van der Waals surface area contributed by atoms with Gasteiger partial charge in [0.2, 0.25) is 10.4 Å². The van der Waals surface area contributed by atoms with Crippen molar-refractivity contribution in [2.45, 2.75) is 17.3 Å². The third-order valence-corrected chi connectivity index (χ3v) is 3.53. The first-order chi connectivity index (χ1) is 8.16. The number of rotatable bonds is 4. The lowest BCUT2D eigenvalue weighted by molar-refractivity contribution is -0.111. The summed E-state index contributed by atoms with van der Waals surface area (Å²) in [5.74, 6) is 0.683. The minimum atomic E-state index is -0.402. The van der Waals surface area contributed by atoms with E-state index >= 15 is 0 Å². The summed E-state index contributed by atoms with van der Waals surface area (Å²) in [6.45, 7) is 1.72. The number of aromatic nitrogens is 3. The maximum Gasteiger partial charge on any atom is 0.234 e. The van der Waals surface area contributed by atoms with Crippen molar-refractivity contribution in [2.75, 3.05) is 0 Å². The molecule has 1 unspecified atom stereocenters. The molecule has 1 aromatic heterocycles. The Morgan fingerprint density at radius 1 is 1.41 bits per heavy atom. The molecule has 0 aliphatic heterocycles. The van der Waals surface area contributed by atoms with E-state index in [0.717, 1.165) is 5.56 Å². The van der Waals surface area contributed by atoms with Gasteiger partial charge < -0.3 is 0 Å². The highest BCUT2D eigenvalue weighted by Crippen LogP contribution is 2.23. The van der Waals surface area contributed by atoms with Gasteiger partial charge in [-0.3, -0.25) is 9.89 Å². The zero-order valence-electron chi connectivity index (χ0n) is 9.05. The fraction of sp³-hybridized carbons (Fsp3) is 0.182. The summed E-state index contributed by atoms with van der Waals surface area (Å²) in [4.78, 5) is 15.2.